The largest absolute Gasteiger partial charge is 0.293 e. The van der Waals surface area contributed by atoms with Crippen molar-refractivity contribution in [3.63, 3.8) is 0 Å². The van der Waals surface area contributed by atoms with E-state index >= 15 is 0 Å². The van der Waals surface area contributed by atoms with Crippen molar-refractivity contribution >= 4 is 38.6 Å². The zero-order chi connectivity index (χ0) is 18.1. The van der Waals surface area contributed by atoms with E-state index in [2.05, 4.69) is 36.3 Å². The molecule has 2 aromatic heterocycles. The number of anilines is 1. The molecule has 1 amide bonds. The van der Waals surface area contributed by atoms with Crippen LogP contribution >= 0.6 is 15.9 Å². The summed E-state index contributed by atoms with van der Waals surface area (Å²) in [4.78, 5) is 31.6. The normalized spacial score (nSPS) is 10.9. The number of fused-ring (bicyclic) bond motifs is 1. The van der Waals surface area contributed by atoms with Gasteiger partial charge in [0.15, 0.2) is 5.82 Å². The number of halogens is 3. The predicted molar refractivity (Wildman–Crippen MR) is 89.0 cm³/mol. The first-order valence-corrected chi connectivity index (χ1v) is 7.79. The first kappa shape index (κ1) is 17.1. The van der Waals surface area contributed by atoms with Crippen molar-refractivity contribution in [2.45, 2.75) is 13.5 Å². The van der Waals surface area contributed by atoms with Crippen LogP contribution in [0.3, 0.4) is 0 Å². The van der Waals surface area contributed by atoms with Crippen LogP contribution in [0.2, 0.25) is 0 Å². The highest BCUT2D eigenvalue weighted by atomic mass is 79.9. The molecule has 3 aromatic rings. The number of carbonyl (C=O) groups excluding carboxylic acids is 1. The molecule has 0 fully saturated rings. The van der Waals surface area contributed by atoms with Crippen molar-refractivity contribution in [3.8, 4) is 0 Å². The van der Waals surface area contributed by atoms with Gasteiger partial charge < -0.3 is 0 Å². The molecule has 25 heavy (non-hydrogen) atoms. The topological polar surface area (TPSA) is 89.8 Å². The van der Waals surface area contributed by atoms with E-state index < -0.39 is 29.6 Å². The van der Waals surface area contributed by atoms with Crippen molar-refractivity contribution < 1.29 is 13.6 Å². The molecule has 1 aromatic carbocycles. The fourth-order valence-electron chi connectivity index (χ4n) is 2.28. The Balaban J connectivity index is 1.93. The summed E-state index contributed by atoms with van der Waals surface area (Å²) in [5.41, 5.74) is -0.346. The Bertz CT molecular complexity index is 1040. The molecular weight excluding hydrogens is 400 g/mol. The van der Waals surface area contributed by atoms with Crippen LogP contribution in [-0.4, -0.2) is 25.7 Å². The average molecular weight is 410 g/mol. The zero-order valence-corrected chi connectivity index (χ0v) is 14.3. The highest BCUT2D eigenvalue weighted by Crippen LogP contribution is 2.24. The summed E-state index contributed by atoms with van der Waals surface area (Å²) in [5.74, 6) is -1.96. The fourth-order valence-corrected chi connectivity index (χ4v) is 2.61. The zero-order valence-electron chi connectivity index (χ0n) is 12.8. The Morgan fingerprint density at radius 1 is 1.28 bits per heavy atom. The van der Waals surface area contributed by atoms with E-state index in [1.807, 2.05) is 0 Å². The van der Waals surface area contributed by atoms with E-state index in [0.717, 1.165) is 17.1 Å². The van der Waals surface area contributed by atoms with E-state index in [0.29, 0.717) is 0 Å². The van der Waals surface area contributed by atoms with Gasteiger partial charge in [-0.25, -0.2) is 23.4 Å². The van der Waals surface area contributed by atoms with Gasteiger partial charge in [-0.3, -0.25) is 14.9 Å². The van der Waals surface area contributed by atoms with Gasteiger partial charge >= 0.3 is 0 Å². The van der Waals surface area contributed by atoms with Crippen LogP contribution < -0.4 is 10.9 Å². The molecule has 128 valence electrons. The number of nitrogens with zero attached hydrogens (tertiary/aromatic N) is 4. The van der Waals surface area contributed by atoms with Gasteiger partial charge in [-0.15, -0.1) is 0 Å². The number of hydrogen-bond donors (Lipinski definition) is 1. The van der Waals surface area contributed by atoms with Crippen LogP contribution in [0.1, 0.15) is 5.69 Å². The molecule has 0 aliphatic carbocycles. The molecule has 0 aliphatic heterocycles. The lowest BCUT2D eigenvalue weighted by Crippen LogP contribution is -2.31. The summed E-state index contributed by atoms with van der Waals surface area (Å²) >= 11 is 3.06. The summed E-state index contributed by atoms with van der Waals surface area (Å²) in [6, 6.07) is 2.87. The Kier molecular flexibility index (Phi) is 4.53. The highest BCUT2D eigenvalue weighted by Gasteiger charge is 2.16. The standard InChI is InChI=1S/C15H10BrF2N5O2/c1-7-12-9(2-3-10(16)13(12)18)14(25)23(22-7)6-11(24)21-15-19-4-8(17)5-20-15/h2-5H,6H2,1H3,(H,19,20,21,24). The van der Waals surface area contributed by atoms with Crippen LogP contribution in [0, 0.1) is 18.6 Å². The molecule has 0 unspecified atom stereocenters. The maximum absolute atomic E-state index is 14.2. The monoisotopic (exact) mass is 409 g/mol. The van der Waals surface area contributed by atoms with Gasteiger partial charge in [0.05, 0.1) is 27.9 Å². The first-order chi connectivity index (χ1) is 11.9. The van der Waals surface area contributed by atoms with Gasteiger partial charge in [-0.1, -0.05) is 0 Å². The average Bonchev–Trinajstić information content (AvgIpc) is 2.57. The van der Waals surface area contributed by atoms with Crippen molar-refractivity contribution in [3.05, 3.63) is 56.7 Å². The van der Waals surface area contributed by atoms with Crippen LogP contribution in [0.15, 0.2) is 33.8 Å². The van der Waals surface area contributed by atoms with Crippen LogP contribution in [0.25, 0.3) is 10.8 Å². The molecule has 1 N–H and O–H groups in total. The predicted octanol–water partition coefficient (Wildman–Crippen LogP) is 2.17. The summed E-state index contributed by atoms with van der Waals surface area (Å²) in [5, 5.41) is 6.51. The second-order valence-electron chi connectivity index (χ2n) is 5.11. The number of nitrogens with one attached hydrogen (secondary N) is 1. The number of amides is 1. The Hall–Kier alpha value is -2.75. The molecule has 0 radical (unpaired) electrons. The van der Waals surface area contributed by atoms with Gasteiger partial charge in [-0.2, -0.15) is 5.10 Å². The molecule has 0 saturated carbocycles. The number of carbonyl (C=O) groups is 1. The smallest absolute Gasteiger partial charge is 0.275 e. The van der Waals surface area contributed by atoms with Gasteiger partial charge in [0.1, 0.15) is 12.4 Å². The number of aryl methyl sites for hydroxylation is 1. The molecule has 0 spiro atoms. The summed E-state index contributed by atoms with van der Waals surface area (Å²) < 4.78 is 28.1. The van der Waals surface area contributed by atoms with E-state index in [-0.39, 0.29) is 26.9 Å². The van der Waals surface area contributed by atoms with E-state index in [4.69, 9.17) is 0 Å². The second-order valence-corrected chi connectivity index (χ2v) is 5.96. The summed E-state index contributed by atoms with van der Waals surface area (Å²) in [7, 11) is 0. The minimum atomic E-state index is -0.644. The third-order valence-corrected chi connectivity index (χ3v) is 3.97. The summed E-state index contributed by atoms with van der Waals surface area (Å²) in [6.07, 6.45) is 1.79. The third kappa shape index (κ3) is 3.38. The van der Waals surface area contributed by atoms with Crippen molar-refractivity contribution in [1.82, 2.24) is 19.7 Å². The Labute approximate surface area is 147 Å². The molecule has 3 rings (SSSR count). The maximum Gasteiger partial charge on any atom is 0.275 e. The van der Waals surface area contributed by atoms with Gasteiger partial charge in [0.2, 0.25) is 11.9 Å². The van der Waals surface area contributed by atoms with Crippen LogP contribution in [-0.2, 0) is 11.3 Å². The number of hydrogen-bond acceptors (Lipinski definition) is 5. The second kappa shape index (κ2) is 6.63. The minimum absolute atomic E-state index is 0.0953. The third-order valence-electron chi connectivity index (χ3n) is 3.36. The van der Waals surface area contributed by atoms with Crippen molar-refractivity contribution in [2.75, 3.05) is 5.32 Å². The number of benzene rings is 1. The maximum atomic E-state index is 14.2. The number of aromatic nitrogens is 4. The molecule has 2 heterocycles. The van der Waals surface area contributed by atoms with Crippen molar-refractivity contribution in [1.29, 1.82) is 0 Å². The summed E-state index contributed by atoms with van der Waals surface area (Å²) in [6.45, 7) is 1.11. The van der Waals surface area contributed by atoms with Gasteiger partial charge in [0, 0.05) is 5.39 Å². The lowest BCUT2D eigenvalue weighted by atomic mass is 10.1. The minimum Gasteiger partial charge on any atom is -0.293 e. The number of rotatable bonds is 3. The quantitative estimate of drug-likeness (QED) is 0.715. The lowest BCUT2D eigenvalue weighted by molar-refractivity contribution is -0.117. The van der Waals surface area contributed by atoms with Gasteiger partial charge in [-0.05, 0) is 35.0 Å². The lowest BCUT2D eigenvalue weighted by Gasteiger charge is -2.10. The molecule has 0 bridgehead atoms. The van der Waals surface area contributed by atoms with E-state index in [1.54, 1.807) is 0 Å². The fraction of sp³-hybridized carbons (Fsp3) is 0.133. The Morgan fingerprint density at radius 2 is 1.96 bits per heavy atom. The molecular formula is C15H10BrF2N5O2. The molecule has 0 aliphatic rings. The van der Waals surface area contributed by atoms with E-state index in [1.165, 1.54) is 19.1 Å². The highest BCUT2D eigenvalue weighted by molar-refractivity contribution is 9.10. The molecule has 0 saturated heterocycles. The van der Waals surface area contributed by atoms with Crippen LogP contribution in [0.5, 0.6) is 0 Å². The molecule has 7 nitrogen and oxygen atoms in total. The first-order valence-electron chi connectivity index (χ1n) is 6.99. The Morgan fingerprint density at radius 3 is 2.64 bits per heavy atom. The van der Waals surface area contributed by atoms with Gasteiger partial charge in [0.25, 0.3) is 5.56 Å². The van der Waals surface area contributed by atoms with E-state index in [9.17, 15) is 18.4 Å². The van der Waals surface area contributed by atoms with Crippen molar-refractivity contribution in [2.24, 2.45) is 0 Å². The van der Waals surface area contributed by atoms with Crippen LogP contribution in [0.4, 0.5) is 14.7 Å². The molecule has 10 heteroatoms. The SMILES string of the molecule is Cc1nn(CC(=O)Nc2ncc(F)cn2)c(=O)c2ccc(Br)c(F)c12. The molecule has 0 atom stereocenters.